The molecular weight excluding hydrogens is 419 g/mol. The Morgan fingerprint density at radius 3 is 2.31 bits per heavy atom. The van der Waals surface area contributed by atoms with Crippen molar-refractivity contribution in [2.45, 2.75) is 25.6 Å². The predicted molar refractivity (Wildman–Crippen MR) is 113 cm³/mol. The first kappa shape index (κ1) is 21.6. The molecule has 3 aromatic rings. The summed E-state index contributed by atoms with van der Waals surface area (Å²) in [5, 5.41) is 9.06. The minimum atomic E-state index is -4.51. The van der Waals surface area contributed by atoms with Crippen molar-refractivity contribution in [3.63, 3.8) is 0 Å². The van der Waals surface area contributed by atoms with Crippen LogP contribution in [0.4, 0.5) is 18.9 Å². The highest BCUT2D eigenvalue weighted by atomic mass is 19.4. The fourth-order valence-corrected chi connectivity index (χ4v) is 4.13. The van der Waals surface area contributed by atoms with E-state index in [1.807, 2.05) is 12.1 Å². The number of carboxylic acid groups (broad SMARTS) is 1. The zero-order valence-electron chi connectivity index (χ0n) is 17.0. The summed E-state index contributed by atoms with van der Waals surface area (Å²) >= 11 is 0. The van der Waals surface area contributed by atoms with Crippen LogP contribution in [0.5, 0.6) is 0 Å². The smallest absolute Gasteiger partial charge is 0.416 e. The van der Waals surface area contributed by atoms with E-state index in [1.54, 1.807) is 24.3 Å². The lowest BCUT2D eigenvalue weighted by atomic mass is 9.86. The van der Waals surface area contributed by atoms with E-state index in [0.717, 1.165) is 17.2 Å². The summed E-state index contributed by atoms with van der Waals surface area (Å²) in [6, 6.07) is 18.8. The van der Waals surface area contributed by atoms with Crippen LogP contribution in [0, 0.1) is 5.92 Å². The van der Waals surface area contributed by atoms with E-state index >= 15 is 0 Å². The van der Waals surface area contributed by atoms with Gasteiger partial charge in [-0.3, -0.25) is 4.79 Å². The molecule has 0 bridgehead atoms. The molecule has 1 N–H and O–H groups in total. The van der Waals surface area contributed by atoms with Crippen LogP contribution in [0.15, 0.2) is 72.8 Å². The molecule has 1 unspecified atom stereocenters. The topological polar surface area (TPSA) is 57.6 Å². The molecule has 3 aromatic carbocycles. The van der Waals surface area contributed by atoms with Gasteiger partial charge in [0.2, 0.25) is 5.91 Å². The van der Waals surface area contributed by atoms with Crippen LogP contribution in [0.1, 0.15) is 32.6 Å². The molecule has 32 heavy (non-hydrogen) atoms. The number of carbonyl (C=O) groups is 2. The number of para-hydroxylation sites is 1. The number of carboxylic acids is 1. The normalized spacial score (nSPS) is 16.0. The fraction of sp³-hybridized carbons (Fsp3) is 0.200. The molecule has 0 aliphatic carbocycles. The van der Waals surface area contributed by atoms with E-state index in [4.69, 9.17) is 5.11 Å². The van der Waals surface area contributed by atoms with Gasteiger partial charge in [0, 0.05) is 11.6 Å². The third kappa shape index (κ3) is 4.37. The van der Waals surface area contributed by atoms with Crippen molar-refractivity contribution < 1.29 is 27.9 Å². The summed E-state index contributed by atoms with van der Waals surface area (Å²) in [7, 11) is 0. The molecule has 0 aromatic heterocycles. The van der Waals surface area contributed by atoms with Gasteiger partial charge < -0.3 is 10.0 Å². The van der Waals surface area contributed by atoms with Crippen LogP contribution in [0.25, 0.3) is 0 Å². The van der Waals surface area contributed by atoms with Gasteiger partial charge in [-0.15, -0.1) is 0 Å². The lowest BCUT2D eigenvalue weighted by molar-refractivity contribution is -0.138. The molecule has 4 nitrogen and oxygen atoms in total. The third-order valence-corrected chi connectivity index (χ3v) is 5.70. The van der Waals surface area contributed by atoms with Gasteiger partial charge in [0.05, 0.1) is 17.7 Å². The molecule has 7 heteroatoms. The molecule has 4 rings (SSSR count). The summed E-state index contributed by atoms with van der Waals surface area (Å²) in [4.78, 5) is 25.9. The van der Waals surface area contributed by atoms with Crippen molar-refractivity contribution in [1.29, 1.82) is 0 Å². The quantitative estimate of drug-likeness (QED) is 0.583. The number of amides is 1. The van der Waals surface area contributed by atoms with Gasteiger partial charge in [0.1, 0.15) is 0 Å². The lowest BCUT2D eigenvalue weighted by Crippen LogP contribution is -2.42. The van der Waals surface area contributed by atoms with E-state index < -0.39 is 23.6 Å². The van der Waals surface area contributed by atoms with Crippen molar-refractivity contribution in [1.82, 2.24) is 0 Å². The van der Waals surface area contributed by atoms with E-state index in [2.05, 4.69) is 0 Å². The zero-order valence-corrected chi connectivity index (χ0v) is 17.0. The number of carbonyl (C=O) groups excluding carboxylic acids is 1. The van der Waals surface area contributed by atoms with Gasteiger partial charge in [-0.1, -0.05) is 48.5 Å². The molecule has 1 aliphatic heterocycles. The summed E-state index contributed by atoms with van der Waals surface area (Å²) in [5.74, 6) is -1.74. The Morgan fingerprint density at radius 1 is 0.969 bits per heavy atom. The Bertz CT molecular complexity index is 1160. The van der Waals surface area contributed by atoms with Crippen LogP contribution in [-0.4, -0.2) is 17.0 Å². The van der Waals surface area contributed by atoms with Gasteiger partial charge in [-0.2, -0.15) is 13.2 Å². The Hall–Kier alpha value is -3.61. The number of hydrogen-bond donors (Lipinski definition) is 1. The number of aromatic carboxylic acids is 1. The number of rotatable bonds is 5. The SMILES string of the molecule is O=C(O)c1ccc(CC2Cc3ccccc3N(Cc3ccccc3C(F)(F)F)C2=O)cc1. The van der Waals surface area contributed by atoms with Crippen molar-refractivity contribution >= 4 is 17.6 Å². The number of halogens is 3. The minimum absolute atomic E-state index is 0.0367. The molecule has 0 fully saturated rings. The van der Waals surface area contributed by atoms with Crippen LogP contribution in [-0.2, 0) is 30.4 Å². The maximum atomic E-state index is 13.5. The lowest BCUT2D eigenvalue weighted by Gasteiger charge is -2.35. The summed E-state index contributed by atoms with van der Waals surface area (Å²) in [6.45, 7) is -0.181. The standard InChI is InChI=1S/C25H20F3NO3/c26-25(27,28)21-7-3-1-6-19(21)15-29-22-8-4-2-5-18(22)14-20(23(29)30)13-16-9-11-17(12-10-16)24(31)32/h1-12,20H,13-15H2,(H,31,32). The Labute approximate surface area is 182 Å². The third-order valence-electron chi connectivity index (χ3n) is 5.70. The first-order valence-electron chi connectivity index (χ1n) is 10.1. The van der Waals surface area contributed by atoms with E-state index in [1.165, 1.54) is 35.2 Å². The average molecular weight is 439 g/mol. The van der Waals surface area contributed by atoms with Crippen LogP contribution >= 0.6 is 0 Å². The van der Waals surface area contributed by atoms with Crippen LogP contribution in [0.3, 0.4) is 0 Å². The van der Waals surface area contributed by atoms with Crippen LogP contribution < -0.4 is 4.90 Å². The molecule has 164 valence electrons. The number of fused-ring (bicyclic) bond motifs is 1. The maximum Gasteiger partial charge on any atom is 0.416 e. The highest BCUT2D eigenvalue weighted by Gasteiger charge is 2.36. The van der Waals surface area contributed by atoms with Crippen molar-refractivity contribution in [2.24, 2.45) is 5.92 Å². The number of benzene rings is 3. The number of nitrogens with zero attached hydrogens (tertiary/aromatic N) is 1. The summed E-state index contributed by atoms with van der Waals surface area (Å²) in [6.07, 6.45) is -3.68. The maximum absolute atomic E-state index is 13.5. The largest absolute Gasteiger partial charge is 0.478 e. The molecular formula is C25H20F3NO3. The predicted octanol–water partition coefficient (Wildman–Crippen LogP) is 5.35. The van der Waals surface area contributed by atoms with Crippen molar-refractivity contribution in [2.75, 3.05) is 4.90 Å². The number of alkyl halides is 3. The fourth-order valence-electron chi connectivity index (χ4n) is 4.13. The number of hydrogen-bond acceptors (Lipinski definition) is 2. The molecule has 1 aliphatic rings. The second-order valence-corrected chi connectivity index (χ2v) is 7.82. The molecule has 0 saturated heterocycles. The highest BCUT2D eigenvalue weighted by Crippen LogP contribution is 2.36. The van der Waals surface area contributed by atoms with E-state index in [0.29, 0.717) is 18.5 Å². The molecule has 0 spiro atoms. The molecule has 0 radical (unpaired) electrons. The van der Waals surface area contributed by atoms with Gasteiger partial charge >= 0.3 is 12.1 Å². The molecule has 1 amide bonds. The molecule has 0 saturated carbocycles. The summed E-state index contributed by atoms with van der Waals surface area (Å²) < 4.78 is 40.5. The van der Waals surface area contributed by atoms with Gasteiger partial charge in [0.25, 0.3) is 0 Å². The monoisotopic (exact) mass is 439 g/mol. The van der Waals surface area contributed by atoms with Gasteiger partial charge in [0.15, 0.2) is 0 Å². The first-order valence-corrected chi connectivity index (χ1v) is 10.1. The van der Waals surface area contributed by atoms with E-state index in [-0.39, 0.29) is 23.6 Å². The number of anilines is 1. The Morgan fingerprint density at radius 2 is 1.62 bits per heavy atom. The Kier molecular flexibility index (Phi) is 5.74. The average Bonchev–Trinajstić information content (AvgIpc) is 2.76. The van der Waals surface area contributed by atoms with E-state index in [9.17, 15) is 22.8 Å². The van der Waals surface area contributed by atoms with Gasteiger partial charge in [-0.25, -0.2) is 4.79 Å². The molecule has 1 atom stereocenters. The highest BCUT2D eigenvalue weighted by molar-refractivity contribution is 5.98. The zero-order chi connectivity index (χ0) is 22.9. The van der Waals surface area contributed by atoms with Gasteiger partial charge in [-0.05, 0) is 53.8 Å². The second kappa shape index (κ2) is 8.49. The minimum Gasteiger partial charge on any atom is -0.478 e. The van der Waals surface area contributed by atoms with Crippen molar-refractivity contribution in [3.05, 3.63) is 101 Å². The molecule has 1 heterocycles. The van der Waals surface area contributed by atoms with Crippen molar-refractivity contribution in [3.8, 4) is 0 Å². The Balaban J connectivity index is 1.65. The second-order valence-electron chi connectivity index (χ2n) is 7.82. The summed E-state index contributed by atoms with van der Waals surface area (Å²) in [5.41, 5.74) is 1.74. The first-order chi connectivity index (χ1) is 15.2. The van der Waals surface area contributed by atoms with Crippen LogP contribution in [0.2, 0.25) is 0 Å².